The summed E-state index contributed by atoms with van der Waals surface area (Å²) in [7, 11) is 2.03. The highest BCUT2D eigenvalue weighted by atomic mass is 15.7. The number of hydrogen-bond acceptors (Lipinski definition) is 3. The molecule has 0 saturated heterocycles. The summed E-state index contributed by atoms with van der Waals surface area (Å²) in [6, 6.07) is 0. The summed E-state index contributed by atoms with van der Waals surface area (Å²) in [6.45, 7) is 6.57. The Labute approximate surface area is 68.4 Å². The minimum atomic E-state index is 0.581. The molecule has 2 N–H and O–H groups in total. The maximum Gasteiger partial charge on any atom is 0.0537 e. The van der Waals surface area contributed by atoms with Crippen LogP contribution in [0.25, 0.3) is 0 Å². The number of hydrogen-bond donors (Lipinski definition) is 2. The summed E-state index contributed by atoms with van der Waals surface area (Å²) in [5.41, 5.74) is 8.88. The average Bonchev–Trinajstić information content (AvgIpc) is 2.30. The molecule has 64 valence electrons. The fraction of sp³-hybridized carbons (Fsp3) is 0.750. The second kappa shape index (κ2) is 3.13. The Morgan fingerprint density at radius 2 is 2.09 bits per heavy atom. The van der Waals surface area contributed by atoms with Gasteiger partial charge in [0.05, 0.1) is 5.70 Å². The number of nitrogens with one attached hydrogen (secondary N) is 2. The summed E-state index contributed by atoms with van der Waals surface area (Å²) in [4.78, 5) is 0. The van der Waals surface area contributed by atoms with Crippen molar-refractivity contribution < 1.29 is 0 Å². The van der Waals surface area contributed by atoms with Gasteiger partial charge in [-0.05, 0) is 12.3 Å². The van der Waals surface area contributed by atoms with E-state index in [4.69, 9.17) is 0 Å². The van der Waals surface area contributed by atoms with Crippen LogP contribution >= 0.6 is 0 Å². The van der Waals surface area contributed by atoms with E-state index in [1.54, 1.807) is 0 Å². The Morgan fingerprint density at radius 3 is 2.45 bits per heavy atom. The van der Waals surface area contributed by atoms with Crippen molar-refractivity contribution >= 4 is 0 Å². The van der Waals surface area contributed by atoms with Crippen LogP contribution in [-0.4, -0.2) is 12.1 Å². The highest BCUT2D eigenvalue weighted by Crippen LogP contribution is 2.20. The van der Waals surface area contributed by atoms with E-state index >= 15 is 0 Å². The molecule has 0 amide bonds. The molecule has 3 nitrogen and oxygen atoms in total. The first-order valence-electron chi connectivity index (χ1n) is 4.15. The van der Waals surface area contributed by atoms with Crippen LogP contribution in [0.3, 0.4) is 0 Å². The second-order valence-electron chi connectivity index (χ2n) is 3.17. The smallest absolute Gasteiger partial charge is 0.0537 e. The Kier molecular flexibility index (Phi) is 2.39. The Balaban J connectivity index is 2.81. The molecule has 1 aliphatic rings. The van der Waals surface area contributed by atoms with Gasteiger partial charge in [-0.3, -0.25) is 5.01 Å². The van der Waals surface area contributed by atoms with Crippen molar-refractivity contribution in [2.75, 3.05) is 7.05 Å². The predicted octanol–water partition coefficient (Wildman–Crippen LogP) is 1.22. The van der Waals surface area contributed by atoms with E-state index in [0.29, 0.717) is 5.92 Å². The largest absolute Gasteiger partial charge is 0.306 e. The first-order valence-corrected chi connectivity index (χ1v) is 4.15. The maximum absolute atomic E-state index is 3.14. The number of nitrogens with zero attached hydrogens (tertiary/aromatic N) is 1. The van der Waals surface area contributed by atoms with Crippen LogP contribution in [-0.2, 0) is 0 Å². The molecule has 0 aromatic heterocycles. The van der Waals surface area contributed by atoms with Crippen molar-refractivity contribution in [2.24, 2.45) is 5.92 Å². The topological polar surface area (TPSA) is 27.3 Å². The Morgan fingerprint density at radius 1 is 1.45 bits per heavy atom. The van der Waals surface area contributed by atoms with Gasteiger partial charge < -0.3 is 5.43 Å². The van der Waals surface area contributed by atoms with Gasteiger partial charge in [-0.15, -0.1) is 5.53 Å². The quantitative estimate of drug-likeness (QED) is 0.628. The van der Waals surface area contributed by atoms with Gasteiger partial charge >= 0.3 is 0 Å². The zero-order valence-corrected chi connectivity index (χ0v) is 7.73. The van der Waals surface area contributed by atoms with Gasteiger partial charge in [0.2, 0.25) is 0 Å². The molecular formula is C8H17N3. The number of allylic oxidation sites excluding steroid dienone is 2. The molecule has 0 atom stereocenters. The van der Waals surface area contributed by atoms with Crippen LogP contribution in [0.1, 0.15) is 27.2 Å². The van der Waals surface area contributed by atoms with Crippen LogP contribution in [0.5, 0.6) is 0 Å². The molecular weight excluding hydrogens is 138 g/mol. The van der Waals surface area contributed by atoms with Crippen molar-refractivity contribution in [1.29, 1.82) is 0 Å². The molecule has 0 fully saturated rings. The zero-order chi connectivity index (χ0) is 8.43. The van der Waals surface area contributed by atoms with Crippen molar-refractivity contribution in [3.63, 3.8) is 0 Å². The van der Waals surface area contributed by atoms with E-state index in [2.05, 4.69) is 31.7 Å². The molecule has 0 unspecified atom stereocenters. The van der Waals surface area contributed by atoms with Crippen molar-refractivity contribution in [1.82, 2.24) is 16.0 Å². The van der Waals surface area contributed by atoms with Crippen molar-refractivity contribution in [2.45, 2.75) is 27.2 Å². The van der Waals surface area contributed by atoms with Gasteiger partial charge in [-0.25, -0.2) is 0 Å². The lowest BCUT2D eigenvalue weighted by Crippen LogP contribution is -2.35. The third-order valence-corrected chi connectivity index (χ3v) is 1.95. The monoisotopic (exact) mass is 155 g/mol. The van der Waals surface area contributed by atoms with E-state index in [1.807, 2.05) is 12.1 Å². The minimum Gasteiger partial charge on any atom is -0.306 e. The summed E-state index contributed by atoms with van der Waals surface area (Å²) in [6.07, 6.45) is 1.06. The zero-order valence-electron chi connectivity index (χ0n) is 7.73. The summed E-state index contributed by atoms with van der Waals surface area (Å²) in [5, 5.41) is 2.05. The molecule has 0 aliphatic carbocycles. The molecule has 0 spiro atoms. The third-order valence-electron chi connectivity index (χ3n) is 1.95. The normalized spacial score (nSPS) is 18.1. The highest BCUT2D eigenvalue weighted by molar-refractivity contribution is 5.15. The van der Waals surface area contributed by atoms with Crippen LogP contribution < -0.4 is 11.0 Å². The second-order valence-corrected chi connectivity index (χ2v) is 3.17. The molecule has 1 aliphatic heterocycles. The van der Waals surface area contributed by atoms with Gasteiger partial charge in [-0.1, -0.05) is 20.8 Å². The minimum absolute atomic E-state index is 0.581. The van der Waals surface area contributed by atoms with E-state index in [-0.39, 0.29) is 0 Å². The molecule has 1 heterocycles. The van der Waals surface area contributed by atoms with Crippen LogP contribution in [0.4, 0.5) is 0 Å². The van der Waals surface area contributed by atoms with Crippen LogP contribution in [0.15, 0.2) is 11.4 Å². The third kappa shape index (κ3) is 1.48. The molecule has 0 bridgehead atoms. The van der Waals surface area contributed by atoms with E-state index in [0.717, 1.165) is 6.42 Å². The lowest BCUT2D eigenvalue weighted by molar-refractivity contribution is 0.284. The van der Waals surface area contributed by atoms with E-state index in [1.165, 1.54) is 11.4 Å². The average molecular weight is 155 g/mol. The van der Waals surface area contributed by atoms with Gasteiger partial charge in [0, 0.05) is 12.7 Å². The predicted molar refractivity (Wildman–Crippen MR) is 46.2 cm³/mol. The van der Waals surface area contributed by atoms with Gasteiger partial charge in [0.25, 0.3) is 0 Å². The van der Waals surface area contributed by atoms with Gasteiger partial charge in [-0.2, -0.15) is 0 Å². The van der Waals surface area contributed by atoms with E-state index < -0.39 is 0 Å². The van der Waals surface area contributed by atoms with Gasteiger partial charge in [0.15, 0.2) is 0 Å². The first-order chi connectivity index (χ1) is 5.16. The highest BCUT2D eigenvalue weighted by Gasteiger charge is 2.19. The lowest BCUT2D eigenvalue weighted by atomic mass is 10.1. The fourth-order valence-electron chi connectivity index (χ4n) is 1.48. The SMILES string of the molecule is CCC1=C(C(C)C)N(C)NN1. The maximum atomic E-state index is 3.14. The molecule has 0 saturated carbocycles. The van der Waals surface area contributed by atoms with Crippen molar-refractivity contribution in [3.05, 3.63) is 11.4 Å². The number of hydrazine groups is 2. The molecule has 0 aromatic carbocycles. The summed E-state index contributed by atoms with van der Waals surface area (Å²) >= 11 is 0. The number of rotatable bonds is 2. The molecule has 3 heteroatoms. The fourth-order valence-corrected chi connectivity index (χ4v) is 1.48. The standard InChI is InChI=1S/C8H17N3/c1-5-7-8(6(2)3)11(4)10-9-7/h6,9-10H,5H2,1-4H3. The Hall–Kier alpha value is -0.700. The van der Waals surface area contributed by atoms with Crippen LogP contribution in [0, 0.1) is 5.92 Å². The first kappa shape index (κ1) is 8.40. The lowest BCUT2D eigenvalue weighted by Gasteiger charge is -2.17. The molecule has 0 aromatic rings. The van der Waals surface area contributed by atoms with Gasteiger partial charge in [0.1, 0.15) is 0 Å². The summed E-state index contributed by atoms with van der Waals surface area (Å²) in [5.74, 6) is 0.581. The van der Waals surface area contributed by atoms with E-state index in [9.17, 15) is 0 Å². The van der Waals surface area contributed by atoms with Crippen LogP contribution in [0.2, 0.25) is 0 Å². The summed E-state index contributed by atoms with van der Waals surface area (Å²) < 4.78 is 0. The Bertz CT molecular complexity index is 172. The molecule has 1 rings (SSSR count). The van der Waals surface area contributed by atoms with Crippen molar-refractivity contribution in [3.8, 4) is 0 Å². The molecule has 0 radical (unpaired) electrons. The molecule has 11 heavy (non-hydrogen) atoms.